The van der Waals surface area contributed by atoms with Crippen molar-refractivity contribution in [2.24, 2.45) is 5.92 Å². The van der Waals surface area contributed by atoms with Crippen LogP contribution in [-0.4, -0.2) is 24.3 Å². The highest BCUT2D eigenvalue weighted by atomic mass is 16.5. The van der Waals surface area contributed by atoms with Crippen molar-refractivity contribution in [3.05, 3.63) is 12.2 Å². The normalized spacial score (nSPS) is 12.7. The molecule has 0 aromatic rings. The Morgan fingerprint density at radius 2 is 1.30 bits per heavy atom. The molecule has 160 valence electrons. The maximum absolute atomic E-state index is 11.3. The van der Waals surface area contributed by atoms with E-state index in [-0.39, 0.29) is 5.92 Å². The van der Waals surface area contributed by atoms with E-state index < -0.39 is 5.97 Å². The number of allylic oxidation sites excluding steroid dienone is 2. The van der Waals surface area contributed by atoms with E-state index in [1.165, 1.54) is 64.2 Å². The van der Waals surface area contributed by atoms with E-state index in [2.05, 4.69) is 26.0 Å². The summed E-state index contributed by atoms with van der Waals surface area (Å²) in [7, 11) is 0. The van der Waals surface area contributed by atoms with Crippen LogP contribution in [0.2, 0.25) is 0 Å². The number of carboxylic acids is 1. The highest BCUT2D eigenvalue weighted by Crippen LogP contribution is 2.16. The minimum Gasteiger partial charge on any atom is -0.481 e. The van der Waals surface area contributed by atoms with E-state index in [9.17, 15) is 9.90 Å². The summed E-state index contributed by atoms with van der Waals surface area (Å²) in [4.78, 5) is 11.3. The maximum atomic E-state index is 11.3. The zero-order chi connectivity index (χ0) is 20.0. The van der Waals surface area contributed by atoms with Gasteiger partial charge in [0.25, 0.3) is 0 Å². The molecule has 0 aliphatic rings. The SMILES string of the molecule is CCCCCCCC/C=C\CCCCCCC(CCOCCCC)C(=O)O. The number of carboxylic acid groups (broad SMARTS) is 1. The van der Waals surface area contributed by atoms with Crippen molar-refractivity contribution in [1.82, 2.24) is 0 Å². The summed E-state index contributed by atoms with van der Waals surface area (Å²) >= 11 is 0. The fraction of sp³-hybridized carbons (Fsp3) is 0.875. The zero-order valence-corrected chi connectivity index (χ0v) is 18.2. The lowest BCUT2D eigenvalue weighted by Gasteiger charge is -2.12. The van der Waals surface area contributed by atoms with Crippen molar-refractivity contribution in [3.63, 3.8) is 0 Å². The Kier molecular flexibility index (Phi) is 20.8. The third kappa shape index (κ3) is 19.7. The van der Waals surface area contributed by atoms with E-state index in [1.807, 2.05) is 0 Å². The third-order valence-corrected chi connectivity index (χ3v) is 5.17. The Morgan fingerprint density at radius 1 is 0.741 bits per heavy atom. The fourth-order valence-corrected chi connectivity index (χ4v) is 3.25. The number of carbonyl (C=O) groups is 1. The number of hydrogen-bond donors (Lipinski definition) is 1. The molecule has 0 aliphatic heterocycles. The van der Waals surface area contributed by atoms with Crippen LogP contribution >= 0.6 is 0 Å². The van der Waals surface area contributed by atoms with E-state index >= 15 is 0 Å². The molecule has 0 rings (SSSR count). The summed E-state index contributed by atoms with van der Waals surface area (Å²) in [5.41, 5.74) is 0. The largest absolute Gasteiger partial charge is 0.481 e. The minimum atomic E-state index is -0.660. The number of aliphatic carboxylic acids is 1. The quantitative estimate of drug-likeness (QED) is 0.165. The molecule has 0 heterocycles. The smallest absolute Gasteiger partial charge is 0.306 e. The second-order valence-electron chi connectivity index (χ2n) is 7.81. The molecule has 27 heavy (non-hydrogen) atoms. The van der Waals surface area contributed by atoms with Crippen LogP contribution in [0.3, 0.4) is 0 Å². The standard InChI is InChI=1S/C24H46O3/c1-3-5-7-8-9-10-11-12-13-14-15-16-17-18-19-23(24(25)26)20-22-27-21-6-4-2/h12-13,23H,3-11,14-22H2,1-2H3,(H,25,26)/b13-12-. The first kappa shape index (κ1) is 26.2. The topological polar surface area (TPSA) is 46.5 Å². The molecule has 1 atom stereocenters. The molecule has 0 bridgehead atoms. The van der Waals surface area contributed by atoms with Gasteiger partial charge in [-0.1, -0.05) is 83.8 Å². The van der Waals surface area contributed by atoms with Crippen LogP contribution in [0.1, 0.15) is 117 Å². The van der Waals surface area contributed by atoms with Gasteiger partial charge in [-0.3, -0.25) is 4.79 Å². The van der Waals surface area contributed by atoms with Crippen molar-refractivity contribution in [1.29, 1.82) is 0 Å². The van der Waals surface area contributed by atoms with Crippen LogP contribution in [-0.2, 0) is 9.53 Å². The molecular weight excluding hydrogens is 336 g/mol. The van der Waals surface area contributed by atoms with Crippen LogP contribution in [0.5, 0.6) is 0 Å². The molecule has 0 saturated heterocycles. The van der Waals surface area contributed by atoms with Gasteiger partial charge in [-0.2, -0.15) is 0 Å². The van der Waals surface area contributed by atoms with Gasteiger partial charge < -0.3 is 9.84 Å². The molecule has 0 saturated carbocycles. The first-order valence-electron chi connectivity index (χ1n) is 11.7. The van der Waals surface area contributed by atoms with Crippen molar-refractivity contribution in [3.8, 4) is 0 Å². The van der Waals surface area contributed by atoms with Gasteiger partial charge in [-0.15, -0.1) is 0 Å². The highest BCUT2D eigenvalue weighted by Gasteiger charge is 2.16. The summed E-state index contributed by atoms with van der Waals surface area (Å²) in [6.45, 7) is 5.74. The molecule has 1 N–H and O–H groups in total. The monoisotopic (exact) mass is 382 g/mol. The van der Waals surface area contributed by atoms with Gasteiger partial charge in [0.15, 0.2) is 0 Å². The van der Waals surface area contributed by atoms with Crippen LogP contribution in [0.25, 0.3) is 0 Å². The molecule has 0 aliphatic carbocycles. The average molecular weight is 383 g/mol. The Hall–Kier alpha value is -0.830. The molecule has 0 aromatic heterocycles. The molecule has 0 spiro atoms. The third-order valence-electron chi connectivity index (χ3n) is 5.17. The summed E-state index contributed by atoms with van der Waals surface area (Å²) in [6, 6.07) is 0. The number of ether oxygens (including phenoxy) is 1. The maximum Gasteiger partial charge on any atom is 0.306 e. The van der Waals surface area contributed by atoms with Crippen LogP contribution in [0.4, 0.5) is 0 Å². The van der Waals surface area contributed by atoms with Gasteiger partial charge in [0, 0.05) is 13.2 Å². The molecule has 1 unspecified atom stereocenters. The van der Waals surface area contributed by atoms with Crippen molar-refractivity contribution in [2.45, 2.75) is 117 Å². The molecule has 0 amide bonds. The number of rotatable bonds is 21. The fourth-order valence-electron chi connectivity index (χ4n) is 3.25. The van der Waals surface area contributed by atoms with Crippen molar-refractivity contribution in [2.75, 3.05) is 13.2 Å². The Morgan fingerprint density at radius 3 is 1.89 bits per heavy atom. The zero-order valence-electron chi connectivity index (χ0n) is 18.2. The van der Waals surface area contributed by atoms with Crippen molar-refractivity contribution < 1.29 is 14.6 Å². The van der Waals surface area contributed by atoms with Gasteiger partial charge >= 0.3 is 5.97 Å². The molecule has 0 aromatic carbocycles. The summed E-state index contributed by atoms with van der Waals surface area (Å²) < 4.78 is 5.51. The lowest BCUT2D eigenvalue weighted by atomic mass is 9.97. The number of unbranched alkanes of at least 4 members (excludes halogenated alkanes) is 11. The Labute approximate surface area is 169 Å². The first-order valence-corrected chi connectivity index (χ1v) is 11.7. The molecule has 0 radical (unpaired) electrons. The molecular formula is C24H46O3. The highest BCUT2D eigenvalue weighted by molar-refractivity contribution is 5.69. The first-order chi connectivity index (χ1) is 13.2. The van der Waals surface area contributed by atoms with Gasteiger partial charge in [0.1, 0.15) is 0 Å². The Bertz CT molecular complexity index is 339. The van der Waals surface area contributed by atoms with E-state index in [0.29, 0.717) is 13.0 Å². The van der Waals surface area contributed by atoms with Gasteiger partial charge in [0.2, 0.25) is 0 Å². The van der Waals surface area contributed by atoms with Crippen LogP contribution in [0, 0.1) is 5.92 Å². The number of hydrogen-bond acceptors (Lipinski definition) is 2. The van der Waals surface area contributed by atoms with Crippen LogP contribution in [0.15, 0.2) is 12.2 Å². The lowest BCUT2D eigenvalue weighted by Crippen LogP contribution is -2.16. The second kappa shape index (κ2) is 21.5. The van der Waals surface area contributed by atoms with Crippen LogP contribution < -0.4 is 0 Å². The summed E-state index contributed by atoms with van der Waals surface area (Å²) in [5.74, 6) is -0.893. The minimum absolute atomic E-state index is 0.233. The lowest BCUT2D eigenvalue weighted by molar-refractivity contribution is -0.142. The molecule has 0 fully saturated rings. The molecule has 3 heteroatoms. The second-order valence-corrected chi connectivity index (χ2v) is 7.81. The van der Waals surface area contributed by atoms with E-state index in [4.69, 9.17) is 4.74 Å². The predicted octanol–water partition coefficient (Wildman–Crippen LogP) is 7.54. The summed E-state index contributed by atoms with van der Waals surface area (Å²) in [5, 5.41) is 9.32. The van der Waals surface area contributed by atoms with E-state index in [1.54, 1.807) is 0 Å². The van der Waals surface area contributed by atoms with E-state index in [0.717, 1.165) is 38.7 Å². The van der Waals surface area contributed by atoms with Gasteiger partial charge in [-0.05, 0) is 44.9 Å². The van der Waals surface area contributed by atoms with Crippen molar-refractivity contribution >= 4 is 5.97 Å². The van der Waals surface area contributed by atoms with Gasteiger partial charge in [0.05, 0.1) is 5.92 Å². The summed E-state index contributed by atoms with van der Waals surface area (Å²) in [6.07, 6.45) is 23.5. The van der Waals surface area contributed by atoms with Gasteiger partial charge in [-0.25, -0.2) is 0 Å². The Balaban J connectivity index is 3.46. The average Bonchev–Trinajstić information content (AvgIpc) is 2.66. The predicted molar refractivity (Wildman–Crippen MR) is 116 cm³/mol. The molecule has 3 nitrogen and oxygen atoms in total.